The predicted molar refractivity (Wildman–Crippen MR) is 91.6 cm³/mol. The zero-order valence-corrected chi connectivity index (χ0v) is 14.2. The molecule has 0 aliphatic rings. The highest BCUT2D eigenvalue weighted by molar-refractivity contribution is 5.89. The SMILES string of the molecule is CCOC(=O)c1cc(-c2ccccc2)n(-c2ccc(OC(F)(F)F)cc2)n1. The summed E-state index contributed by atoms with van der Waals surface area (Å²) in [4.78, 5) is 12.0. The van der Waals surface area contributed by atoms with E-state index < -0.39 is 12.3 Å². The summed E-state index contributed by atoms with van der Waals surface area (Å²) in [6, 6.07) is 16.0. The molecule has 3 aromatic rings. The summed E-state index contributed by atoms with van der Waals surface area (Å²) >= 11 is 0. The minimum Gasteiger partial charge on any atom is -0.461 e. The maximum Gasteiger partial charge on any atom is 0.573 e. The number of carbonyl (C=O) groups is 1. The Kier molecular flexibility index (Phi) is 5.16. The van der Waals surface area contributed by atoms with E-state index in [1.165, 1.54) is 28.9 Å². The van der Waals surface area contributed by atoms with Crippen LogP contribution in [-0.2, 0) is 4.74 Å². The van der Waals surface area contributed by atoms with Gasteiger partial charge in [0.2, 0.25) is 0 Å². The minimum atomic E-state index is -4.76. The number of rotatable bonds is 5. The van der Waals surface area contributed by atoms with E-state index in [4.69, 9.17) is 4.74 Å². The molecule has 0 saturated carbocycles. The summed E-state index contributed by atoms with van der Waals surface area (Å²) in [7, 11) is 0. The van der Waals surface area contributed by atoms with E-state index in [2.05, 4.69) is 9.84 Å². The molecule has 0 saturated heterocycles. The molecule has 3 rings (SSSR count). The smallest absolute Gasteiger partial charge is 0.461 e. The van der Waals surface area contributed by atoms with Crippen LogP contribution in [0.15, 0.2) is 60.7 Å². The van der Waals surface area contributed by atoms with Crippen molar-refractivity contribution in [3.05, 3.63) is 66.4 Å². The molecule has 0 aliphatic heterocycles. The van der Waals surface area contributed by atoms with E-state index in [0.29, 0.717) is 11.4 Å². The first-order valence-electron chi connectivity index (χ1n) is 8.06. The second kappa shape index (κ2) is 7.53. The summed E-state index contributed by atoms with van der Waals surface area (Å²) in [5.74, 6) is -0.921. The van der Waals surface area contributed by atoms with Crippen LogP contribution < -0.4 is 4.74 Å². The number of alkyl halides is 3. The summed E-state index contributed by atoms with van der Waals surface area (Å²) < 4.78 is 47.3. The average molecular weight is 376 g/mol. The van der Waals surface area contributed by atoms with E-state index >= 15 is 0 Å². The van der Waals surface area contributed by atoms with Gasteiger partial charge in [-0.15, -0.1) is 13.2 Å². The maximum absolute atomic E-state index is 12.3. The predicted octanol–water partition coefficient (Wildman–Crippen LogP) is 4.61. The average Bonchev–Trinajstić information content (AvgIpc) is 3.07. The van der Waals surface area contributed by atoms with E-state index in [9.17, 15) is 18.0 Å². The van der Waals surface area contributed by atoms with Gasteiger partial charge in [0.15, 0.2) is 5.69 Å². The molecule has 5 nitrogen and oxygen atoms in total. The molecule has 0 N–H and O–H groups in total. The number of carbonyl (C=O) groups excluding carboxylic acids is 1. The van der Waals surface area contributed by atoms with E-state index in [1.807, 2.05) is 30.3 Å². The van der Waals surface area contributed by atoms with Gasteiger partial charge in [0.05, 0.1) is 18.0 Å². The molecule has 27 heavy (non-hydrogen) atoms. The van der Waals surface area contributed by atoms with Gasteiger partial charge in [-0.3, -0.25) is 0 Å². The van der Waals surface area contributed by atoms with Crippen molar-refractivity contribution in [2.45, 2.75) is 13.3 Å². The van der Waals surface area contributed by atoms with Crippen molar-refractivity contribution in [1.82, 2.24) is 9.78 Å². The molecule has 1 heterocycles. The second-order valence-electron chi connectivity index (χ2n) is 5.45. The topological polar surface area (TPSA) is 53.4 Å². The number of benzene rings is 2. The standard InChI is InChI=1S/C19H15F3N2O3/c1-2-26-18(25)16-12-17(13-6-4-3-5-7-13)24(23-16)14-8-10-15(11-9-14)27-19(20,21)22/h3-12H,2H2,1H3. The lowest BCUT2D eigenvalue weighted by Crippen LogP contribution is -2.17. The van der Waals surface area contributed by atoms with Crippen LogP contribution in [0.1, 0.15) is 17.4 Å². The lowest BCUT2D eigenvalue weighted by atomic mass is 10.1. The molecule has 0 fully saturated rings. The van der Waals surface area contributed by atoms with Gasteiger partial charge in [-0.1, -0.05) is 30.3 Å². The number of halogens is 3. The molecule has 0 bridgehead atoms. The highest BCUT2D eigenvalue weighted by atomic mass is 19.4. The third kappa shape index (κ3) is 4.46. The van der Waals surface area contributed by atoms with Crippen LogP contribution >= 0.6 is 0 Å². The van der Waals surface area contributed by atoms with Crippen molar-refractivity contribution < 1.29 is 27.4 Å². The molecule has 140 valence electrons. The number of esters is 1. The van der Waals surface area contributed by atoms with Crippen molar-refractivity contribution in [2.75, 3.05) is 6.61 Å². The Balaban J connectivity index is 2.01. The zero-order valence-electron chi connectivity index (χ0n) is 14.2. The first-order chi connectivity index (χ1) is 12.9. The second-order valence-corrected chi connectivity index (χ2v) is 5.45. The van der Waals surface area contributed by atoms with E-state index in [0.717, 1.165) is 5.56 Å². The monoisotopic (exact) mass is 376 g/mol. The fourth-order valence-corrected chi connectivity index (χ4v) is 2.49. The van der Waals surface area contributed by atoms with Gasteiger partial charge in [0.25, 0.3) is 0 Å². The van der Waals surface area contributed by atoms with Crippen LogP contribution in [0.4, 0.5) is 13.2 Å². The summed E-state index contributed by atoms with van der Waals surface area (Å²) in [6.45, 7) is 1.89. The van der Waals surface area contributed by atoms with Crippen molar-refractivity contribution in [3.8, 4) is 22.7 Å². The molecule has 0 radical (unpaired) electrons. The number of ether oxygens (including phenoxy) is 2. The summed E-state index contributed by atoms with van der Waals surface area (Å²) in [5, 5.41) is 4.26. The maximum atomic E-state index is 12.3. The Morgan fingerprint density at radius 2 is 1.74 bits per heavy atom. The quantitative estimate of drug-likeness (QED) is 0.610. The first-order valence-corrected chi connectivity index (χ1v) is 8.06. The number of hydrogen-bond acceptors (Lipinski definition) is 4. The fourth-order valence-electron chi connectivity index (χ4n) is 2.49. The molecule has 1 aromatic heterocycles. The molecule has 0 spiro atoms. The molecular formula is C19H15F3N2O3. The van der Waals surface area contributed by atoms with Crippen LogP contribution in [0, 0.1) is 0 Å². The van der Waals surface area contributed by atoms with Gasteiger partial charge in [-0.25, -0.2) is 9.48 Å². The molecule has 8 heteroatoms. The largest absolute Gasteiger partial charge is 0.573 e. The number of nitrogens with zero attached hydrogens (tertiary/aromatic N) is 2. The minimum absolute atomic E-state index is 0.103. The molecule has 2 aromatic carbocycles. The summed E-state index contributed by atoms with van der Waals surface area (Å²) in [5.41, 5.74) is 1.96. The third-order valence-corrected chi connectivity index (χ3v) is 3.58. The van der Waals surface area contributed by atoms with E-state index in [1.54, 1.807) is 13.0 Å². The van der Waals surface area contributed by atoms with Crippen molar-refractivity contribution in [3.63, 3.8) is 0 Å². The lowest BCUT2D eigenvalue weighted by molar-refractivity contribution is -0.274. The fraction of sp³-hybridized carbons (Fsp3) is 0.158. The molecule has 0 unspecified atom stereocenters. The Morgan fingerprint density at radius 3 is 2.33 bits per heavy atom. The van der Waals surface area contributed by atoms with Crippen LogP contribution in [0.25, 0.3) is 16.9 Å². The third-order valence-electron chi connectivity index (χ3n) is 3.58. The van der Waals surface area contributed by atoms with Crippen LogP contribution in [-0.4, -0.2) is 28.7 Å². The van der Waals surface area contributed by atoms with Crippen LogP contribution in [0.2, 0.25) is 0 Å². The van der Waals surface area contributed by atoms with Crippen molar-refractivity contribution in [1.29, 1.82) is 0 Å². The van der Waals surface area contributed by atoms with Gasteiger partial charge in [0, 0.05) is 5.56 Å². The van der Waals surface area contributed by atoms with Gasteiger partial charge in [0.1, 0.15) is 5.75 Å². The van der Waals surface area contributed by atoms with Crippen molar-refractivity contribution in [2.24, 2.45) is 0 Å². The highest BCUT2D eigenvalue weighted by Crippen LogP contribution is 2.27. The first kappa shape index (κ1) is 18.5. The molecule has 0 amide bonds. The van der Waals surface area contributed by atoms with E-state index in [-0.39, 0.29) is 18.1 Å². The summed E-state index contributed by atoms with van der Waals surface area (Å²) in [6.07, 6.45) is -4.76. The lowest BCUT2D eigenvalue weighted by Gasteiger charge is -2.11. The molecule has 0 atom stereocenters. The van der Waals surface area contributed by atoms with Gasteiger partial charge < -0.3 is 9.47 Å². The zero-order chi connectivity index (χ0) is 19.4. The van der Waals surface area contributed by atoms with Gasteiger partial charge >= 0.3 is 12.3 Å². The van der Waals surface area contributed by atoms with Crippen LogP contribution in [0.5, 0.6) is 5.75 Å². The Hall–Kier alpha value is -3.29. The van der Waals surface area contributed by atoms with Crippen molar-refractivity contribution >= 4 is 5.97 Å². The number of aromatic nitrogens is 2. The highest BCUT2D eigenvalue weighted by Gasteiger charge is 2.31. The molecule has 0 aliphatic carbocycles. The normalized spacial score (nSPS) is 11.3. The Labute approximate surface area is 152 Å². The number of hydrogen-bond donors (Lipinski definition) is 0. The van der Waals surface area contributed by atoms with Gasteiger partial charge in [-0.05, 0) is 37.3 Å². The van der Waals surface area contributed by atoms with Gasteiger partial charge in [-0.2, -0.15) is 5.10 Å². The van der Waals surface area contributed by atoms with Crippen LogP contribution in [0.3, 0.4) is 0 Å². The Morgan fingerprint density at radius 1 is 1.07 bits per heavy atom. The Bertz CT molecular complexity index is 920. The molecular weight excluding hydrogens is 361 g/mol.